The highest BCUT2D eigenvalue weighted by Crippen LogP contribution is 2.31. The Morgan fingerprint density at radius 2 is 2.03 bits per heavy atom. The fourth-order valence-corrected chi connectivity index (χ4v) is 4.00. The van der Waals surface area contributed by atoms with E-state index in [1.165, 1.54) is 24.0 Å². The molecule has 1 unspecified atom stereocenters. The Morgan fingerprint density at radius 3 is 2.83 bits per heavy atom. The number of hydrogen-bond acceptors (Lipinski definition) is 4. The van der Waals surface area contributed by atoms with Crippen LogP contribution < -0.4 is 20.9 Å². The number of benzene rings is 1. The number of pyridine rings is 1. The van der Waals surface area contributed by atoms with E-state index in [-0.39, 0.29) is 35.8 Å². The number of hydrogen-bond donors (Lipinski definition) is 3. The van der Waals surface area contributed by atoms with Gasteiger partial charge in [-0.15, -0.1) is 24.0 Å². The van der Waals surface area contributed by atoms with Gasteiger partial charge in [-0.3, -0.25) is 9.79 Å². The van der Waals surface area contributed by atoms with Gasteiger partial charge >= 0.3 is 0 Å². The van der Waals surface area contributed by atoms with Crippen LogP contribution in [0, 0.1) is 0 Å². The number of guanidine groups is 1. The van der Waals surface area contributed by atoms with Gasteiger partial charge in [0.15, 0.2) is 5.96 Å². The maximum Gasteiger partial charge on any atom is 0.225 e. The molecule has 1 amide bonds. The van der Waals surface area contributed by atoms with Gasteiger partial charge in [0.2, 0.25) is 5.91 Å². The molecule has 160 valence electrons. The van der Waals surface area contributed by atoms with Gasteiger partial charge in [-0.05, 0) is 42.2 Å². The summed E-state index contributed by atoms with van der Waals surface area (Å²) in [6.07, 6.45) is 4.83. The highest BCUT2D eigenvalue weighted by Gasteiger charge is 2.24. The highest BCUT2D eigenvalue weighted by atomic mass is 127. The molecule has 8 heteroatoms. The van der Waals surface area contributed by atoms with Crippen molar-refractivity contribution in [3.05, 3.63) is 53.7 Å². The number of rotatable bonds is 5. The smallest absolute Gasteiger partial charge is 0.225 e. The van der Waals surface area contributed by atoms with Crippen LogP contribution in [0.4, 0.5) is 11.5 Å². The van der Waals surface area contributed by atoms with Crippen LogP contribution in [0.1, 0.15) is 36.3 Å². The number of aromatic nitrogens is 1. The first-order valence-corrected chi connectivity index (χ1v) is 10.3. The zero-order valence-electron chi connectivity index (χ0n) is 17.2. The Morgan fingerprint density at radius 1 is 1.23 bits per heavy atom. The lowest BCUT2D eigenvalue weighted by Gasteiger charge is -2.26. The number of fused-ring (bicyclic) bond motifs is 1. The monoisotopic (exact) mass is 520 g/mol. The molecule has 7 nitrogen and oxygen atoms in total. The van der Waals surface area contributed by atoms with Crippen molar-refractivity contribution >= 4 is 47.3 Å². The number of aliphatic imine (C=N–C) groups is 1. The SMILES string of the molecule is CN=C(NCc1ccnc(N2CCCC2)c1)NCC1CC(=O)Nc2ccccc21.I. The number of amides is 1. The lowest BCUT2D eigenvalue weighted by atomic mass is 9.90. The standard InChI is InChI=1S/C22H28N6O.HI/c1-23-22(25-14-16-8-9-24-20(12-16)28-10-4-5-11-28)26-15-17-13-21(29)27-19-7-3-2-6-18(17)19;/h2-3,6-9,12,17H,4-5,10-11,13-15H2,1H3,(H,27,29)(H2,23,25,26);1H. The van der Waals surface area contributed by atoms with E-state index < -0.39 is 0 Å². The fraction of sp³-hybridized carbons (Fsp3) is 0.409. The highest BCUT2D eigenvalue weighted by molar-refractivity contribution is 14.0. The van der Waals surface area contributed by atoms with Crippen LogP contribution in [-0.4, -0.2) is 43.5 Å². The summed E-state index contributed by atoms with van der Waals surface area (Å²) in [6, 6.07) is 12.2. The summed E-state index contributed by atoms with van der Waals surface area (Å²) in [5, 5.41) is 9.69. The summed E-state index contributed by atoms with van der Waals surface area (Å²) in [5.74, 6) is 1.97. The second-order valence-electron chi connectivity index (χ2n) is 7.56. The van der Waals surface area contributed by atoms with Crippen LogP contribution in [0.15, 0.2) is 47.6 Å². The summed E-state index contributed by atoms with van der Waals surface area (Å²) >= 11 is 0. The predicted octanol–water partition coefficient (Wildman–Crippen LogP) is 3.09. The molecular weight excluding hydrogens is 491 g/mol. The maximum atomic E-state index is 12.0. The van der Waals surface area contributed by atoms with Gasteiger partial charge in [0, 0.05) is 57.4 Å². The molecule has 4 rings (SSSR count). The second-order valence-corrected chi connectivity index (χ2v) is 7.56. The van der Waals surface area contributed by atoms with E-state index in [1.54, 1.807) is 7.05 Å². The molecule has 0 saturated carbocycles. The number of nitrogens with one attached hydrogen (secondary N) is 3. The van der Waals surface area contributed by atoms with Crippen LogP contribution in [0.2, 0.25) is 0 Å². The Kier molecular flexibility index (Phi) is 7.89. The van der Waals surface area contributed by atoms with Crippen molar-refractivity contribution in [3.63, 3.8) is 0 Å². The lowest BCUT2D eigenvalue weighted by Crippen LogP contribution is -2.40. The molecule has 2 aliphatic rings. The molecule has 0 bridgehead atoms. The van der Waals surface area contributed by atoms with Crippen molar-refractivity contribution in [2.24, 2.45) is 4.99 Å². The van der Waals surface area contributed by atoms with Crippen molar-refractivity contribution in [1.82, 2.24) is 15.6 Å². The molecule has 0 radical (unpaired) electrons. The van der Waals surface area contributed by atoms with Crippen molar-refractivity contribution in [1.29, 1.82) is 0 Å². The van der Waals surface area contributed by atoms with E-state index in [4.69, 9.17) is 0 Å². The molecule has 30 heavy (non-hydrogen) atoms. The lowest BCUT2D eigenvalue weighted by molar-refractivity contribution is -0.116. The summed E-state index contributed by atoms with van der Waals surface area (Å²) in [5.41, 5.74) is 3.25. The quantitative estimate of drug-likeness (QED) is 0.321. The zero-order valence-corrected chi connectivity index (χ0v) is 19.6. The van der Waals surface area contributed by atoms with Crippen molar-refractivity contribution in [3.8, 4) is 0 Å². The molecule has 1 aromatic heterocycles. The Hall–Kier alpha value is -2.36. The number of carbonyl (C=O) groups is 1. The van der Waals surface area contributed by atoms with E-state index in [1.807, 2.05) is 30.5 Å². The molecule has 2 aromatic rings. The molecule has 2 aliphatic heterocycles. The van der Waals surface area contributed by atoms with Crippen LogP contribution in [0.3, 0.4) is 0 Å². The van der Waals surface area contributed by atoms with Gasteiger partial charge in [0.1, 0.15) is 5.82 Å². The Balaban J connectivity index is 0.00000256. The zero-order chi connectivity index (χ0) is 20.1. The first-order valence-electron chi connectivity index (χ1n) is 10.3. The van der Waals surface area contributed by atoms with Crippen molar-refractivity contribution < 1.29 is 4.79 Å². The minimum absolute atomic E-state index is 0. The predicted molar refractivity (Wildman–Crippen MR) is 132 cm³/mol. The van der Waals surface area contributed by atoms with Crippen LogP contribution in [-0.2, 0) is 11.3 Å². The summed E-state index contributed by atoms with van der Waals surface area (Å²) in [7, 11) is 1.76. The van der Waals surface area contributed by atoms with Gasteiger partial charge < -0.3 is 20.9 Å². The number of halogens is 1. The molecule has 1 fully saturated rings. The Labute approximate surface area is 194 Å². The van der Waals surface area contributed by atoms with Gasteiger partial charge in [0.25, 0.3) is 0 Å². The number of nitrogens with zero attached hydrogens (tertiary/aromatic N) is 3. The van der Waals surface area contributed by atoms with E-state index in [0.29, 0.717) is 19.5 Å². The topological polar surface area (TPSA) is 81.7 Å². The first-order chi connectivity index (χ1) is 14.2. The maximum absolute atomic E-state index is 12.0. The largest absolute Gasteiger partial charge is 0.357 e. The van der Waals surface area contributed by atoms with Crippen molar-refractivity contribution in [2.75, 3.05) is 36.9 Å². The normalized spacial score (nSPS) is 18.3. The second kappa shape index (κ2) is 10.6. The first kappa shape index (κ1) is 22.3. The molecule has 1 saturated heterocycles. The number of carbonyl (C=O) groups excluding carboxylic acids is 1. The third-order valence-electron chi connectivity index (χ3n) is 5.55. The molecule has 3 heterocycles. The minimum atomic E-state index is 0. The average molecular weight is 520 g/mol. The van der Waals surface area contributed by atoms with Crippen LogP contribution >= 0.6 is 24.0 Å². The van der Waals surface area contributed by atoms with E-state index in [0.717, 1.165) is 30.6 Å². The number of para-hydroxylation sites is 1. The van der Waals surface area contributed by atoms with E-state index >= 15 is 0 Å². The molecule has 1 atom stereocenters. The van der Waals surface area contributed by atoms with Crippen LogP contribution in [0.25, 0.3) is 0 Å². The molecule has 0 aliphatic carbocycles. The van der Waals surface area contributed by atoms with E-state index in [9.17, 15) is 4.79 Å². The summed E-state index contributed by atoms with van der Waals surface area (Å²) in [4.78, 5) is 23.2. The van der Waals surface area contributed by atoms with Crippen molar-refractivity contribution in [2.45, 2.75) is 31.7 Å². The van der Waals surface area contributed by atoms with Gasteiger partial charge in [-0.25, -0.2) is 4.98 Å². The summed E-state index contributed by atoms with van der Waals surface area (Å²) in [6.45, 7) is 3.50. The van der Waals surface area contributed by atoms with E-state index in [2.05, 4.69) is 43.0 Å². The molecular formula is C22H29IN6O. The molecule has 1 aromatic carbocycles. The van der Waals surface area contributed by atoms with Gasteiger partial charge in [-0.1, -0.05) is 18.2 Å². The average Bonchev–Trinajstić information content (AvgIpc) is 3.29. The molecule has 3 N–H and O–H groups in total. The van der Waals surface area contributed by atoms with Crippen LogP contribution in [0.5, 0.6) is 0 Å². The Bertz CT molecular complexity index is 897. The van der Waals surface area contributed by atoms with Gasteiger partial charge in [0.05, 0.1) is 0 Å². The molecule has 0 spiro atoms. The number of anilines is 2. The third kappa shape index (κ3) is 5.41. The third-order valence-corrected chi connectivity index (χ3v) is 5.55. The summed E-state index contributed by atoms with van der Waals surface area (Å²) < 4.78 is 0. The fourth-order valence-electron chi connectivity index (χ4n) is 4.00. The minimum Gasteiger partial charge on any atom is -0.357 e. The van der Waals surface area contributed by atoms with Gasteiger partial charge in [-0.2, -0.15) is 0 Å².